The van der Waals surface area contributed by atoms with Gasteiger partial charge in [0.25, 0.3) is 0 Å². The third-order valence-corrected chi connectivity index (χ3v) is 3.59. The van der Waals surface area contributed by atoms with Crippen LogP contribution >= 0.6 is 11.6 Å². The Morgan fingerprint density at radius 1 is 1.19 bits per heavy atom. The van der Waals surface area contributed by atoms with Crippen LogP contribution < -0.4 is 5.73 Å². The minimum atomic E-state index is -0.247. The fourth-order valence-electron chi connectivity index (χ4n) is 2.90. The van der Waals surface area contributed by atoms with Crippen LogP contribution in [-0.2, 0) is 5.54 Å². The molecule has 0 saturated carbocycles. The van der Waals surface area contributed by atoms with Crippen molar-refractivity contribution in [2.45, 2.75) is 46.6 Å². The summed E-state index contributed by atoms with van der Waals surface area (Å²) in [7, 11) is 0. The van der Waals surface area contributed by atoms with E-state index >= 15 is 0 Å². The zero-order valence-electron chi connectivity index (χ0n) is 13.2. The number of halogens is 1. The van der Waals surface area contributed by atoms with Gasteiger partial charge in [-0.1, -0.05) is 38.4 Å². The number of aromatic nitrogens is 4. The van der Waals surface area contributed by atoms with Crippen LogP contribution in [0.2, 0.25) is 5.02 Å². The zero-order chi connectivity index (χ0) is 15.8. The van der Waals surface area contributed by atoms with Gasteiger partial charge in [0.15, 0.2) is 5.82 Å². The Morgan fingerprint density at radius 3 is 2.43 bits per heavy atom. The summed E-state index contributed by atoms with van der Waals surface area (Å²) in [6.07, 6.45) is 0.919. The molecule has 0 unspecified atom stereocenters. The lowest BCUT2D eigenvalue weighted by Crippen LogP contribution is -2.33. The quantitative estimate of drug-likeness (QED) is 0.877. The molecule has 0 spiro atoms. The smallest absolute Gasteiger partial charge is 0.186 e. The molecule has 0 aliphatic rings. The van der Waals surface area contributed by atoms with Gasteiger partial charge in [-0.05, 0) is 48.2 Å². The SMILES string of the molecule is CC(C)(C)CC(C)(C)n1nnnc1-c1c(N)cccc1Cl. The highest BCUT2D eigenvalue weighted by atomic mass is 35.5. The lowest BCUT2D eigenvalue weighted by atomic mass is 9.82. The van der Waals surface area contributed by atoms with E-state index in [1.54, 1.807) is 12.1 Å². The average molecular weight is 308 g/mol. The number of nitrogens with zero attached hydrogens (tertiary/aromatic N) is 4. The van der Waals surface area contributed by atoms with Crippen LogP contribution in [0.5, 0.6) is 0 Å². The van der Waals surface area contributed by atoms with Crippen molar-refractivity contribution in [2.75, 3.05) is 5.73 Å². The molecule has 6 heteroatoms. The highest BCUT2D eigenvalue weighted by Gasteiger charge is 2.31. The summed E-state index contributed by atoms with van der Waals surface area (Å²) in [5.41, 5.74) is 7.22. The first-order valence-electron chi connectivity index (χ1n) is 6.95. The Hall–Kier alpha value is -1.62. The molecule has 0 atom stereocenters. The lowest BCUT2D eigenvalue weighted by molar-refractivity contribution is 0.197. The third-order valence-electron chi connectivity index (χ3n) is 3.28. The van der Waals surface area contributed by atoms with Gasteiger partial charge in [-0.15, -0.1) is 5.10 Å². The molecule has 1 aromatic carbocycles. The van der Waals surface area contributed by atoms with E-state index in [1.165, 1.54) is 0 Å². The molecule has 0 bridgehead atoms. The van der Waals surface area contributed by atoms with Crippen molar-refractivity contribution in [3.05, 3.63) is 23.2 Å². The summed E-state index contributed by atoms with van der Waals surface area (Å²) in [6, 6.07) is 5.41. The minimum Gasteiger partial charge on any atom is -0.398 e. The zero-order valence-corrected chi connectivity index (χ0v) is 13.9. The Bertz CT molecular complexity index is 620. The highest BCUT2D eigenvalue weighted by Crippen LogP contribution is 2.37. The lowest BCUT2D eigenvalue weighted by Gasteiger charge is -2.33. The number of benzene rings is 1. The molecule has 0 fully saturated rings. The molecule has 0 saturated heterocycles. The monoisotopic (exact) mass is 307 g/mol. The van der Waals surface area contributed by atoms with Gasteiger partial charge in [0.1, 0.15) is 0 Å². The van der Waals surface area contributed by atoms with E-state index in [-0.39, 0.29) is 11.0 Å². The number of rotatable bonds is 3. The Kier molecular flexibility index (Phi) is 3.97. The summed E-state index contributed by atoms with van der Waals surface area (Å²) >= 11 is 6.29. The highest BCUT2D eigenvalue weighted by molar-refractivity contribution is 6.33. The molecule has 2 aromatic rings. The fraction of sp³-hybridized carbons (Fsp3) is 0.533. The molecule has 5 nitrogen and oxygen atoms in total. The van der Waals surface area contributed by atoms with Crippen molar-refractivity contribution in [3.8, 4) is 11.4 Å². The number of nitrogen functional groups attached to an aromatic ring is 1. The molecule has 0 aliphatic carbocycles. The predicted molar refractivity (Wildman–Crippen MR) is 86.1 cm³/mol. The second-order valence-corrected chi connectivity index (χ2v) is 7.58. The molecule has 2 N–H and O–H groups in total. The molecule has 0 aliphatic heterocycles. The van der Waals surface area contributed by atoms with Gasteiger partial charge >= 0.3 is 0 Å². The number of hydrogen-bond acceptors (Lipinski definition) is 4. The van der Waals surface area contributed by atoms with Crippen molar-refractivity contribution in [3.63, 3.8) is 0 Å². The van der Waals surface area contributed by atoms with Crippen LogP contribution in [-0.4, -0.2) is 20.2 Å². The van der Waals surface area contributed by atoms with Crippen molar-refractivity contribution in [1.82, 2.24) is 20.2 Å². The number of nitrogens with two attached hydrogens (primary N) is 1. The molecule has 1 aromatic heterocycles. The van der Waals surface area contributed by atoms with Gasteiger partial charge in [0.2, 0.25) is 0 Å². The van der Waals surface area contributed by atoms with Crippen LogP contribution in [0.4, 0.5) is 5.69 Å². The van der Waals surface area contributed by atoms with Gasteiger partial charge in [-0.3, -0.25) is 0 Å². The van der Waals surface area contributed by atoms with Crippen molar-refractivity contribution in [2.24, 2.45) is 5.41 Å². The molecule has 0 amide bonds. The van der Waals surface area contributed by atoms with Crippen LogP contribution in [0.3, 0.4) is 0 Å². The topological polar surface area (TPSA) is 69.6 Å². The van der Waals surface area contributed by atoms with Gasteiger partial charge in [-0.25, -0.2) is 4.68 Å². The first-order valence-corrected chi connectivity index (χ1v) is 7.33. The third kappa shape index (κ3) is 3.35. The van der Waals surface area contributed by atoms with E-state index in [9.17, 15) is 0 Å². The van der Waals surface area contributed by atoms with E-state index in [2.05, 4.69) is 50.1 Å². The first kappa shape index (κ1) is 15.8. The Morgan fingerprint density at radius 2 is 1.86 bits per heavy atom. The van der Waals surface area contributed by atoms with Crippen LogP contribution in [0, 0.1) is 5.41 Å². The molecular weight excluding hydrogens is 286 g/mol. The molecule has 0 radical (unpaired) electrons. The number of tetrazole rings is 1. The summed E-state index contributed by atoms with van der Waals surface area (Å²) in [5, 5.41) is 12.7. The van der Waals surface area contributed by atoms with E-state index in [0.29, 0.717) is 22.1 Å². The number of hydrogen-bond donors (Lipinski definition) is 1. The second kappa shape index (κ2) is 5.30. The van der Waals surface area contributed by atoms with E-state index < -0.39 is 0 Å². The van der Waals surface area contributed by atoms with Gasteiger partial charge < -0.3 is 5.73 Å². The van der Waals surface area contributed by atoms with Crippen LogP contribution in [0.1, 0.15) is 41.0 Å². The molecule has 1 heterocycles. The van der Waals surface area contributed by atoms with Crippen molar-refractivity contribution >= 4 is 17.3 Å². The van der Waals surface area contributed by atoms with E-state index in [4.69, 9.17) is 17.3 Å². The van der Waals surface area contributed by atoms with E-state index in [1.807, 2.05) is 10.7 Å². The maximum absolute atomic E-state index is 6.29. The van der Waals surface area contributed by atoms with Crippen molar-refractivity contribution < 1.29 is 0 Å². The summed E-state index contributed by atoms with van der Waals surface area (Å²) in [5.74, 6) is 0.604. The maximum atomic E-state index is 6.29. The van der Waals surface area contributed by atoms with Gasteiger partial charge in [0, 0.05) is 5.69 Å². The average Bonchev–Trinajstić information content (AvgIpc) is 2.75. The molecular formula is C15H22ClN5. The normalized spacial score (nSPS) is 12.7. The van der Waals surface area contributed by atoms with E-state index in [0.717, 1.165) is 6.42 Å². The molecule has 114 valence electrons. The predicted octanol–water partition coefficient (Wildman–Crippen LogP) is 3.75. The maximum Gasteiger partial charge on any atom is 0.186 e. The second-order valence-electron chi connectivity index (χ2n) is 7.17. The largest absolute Gasteiger partial charge is 0.398 e. The Labute approximate surface area is 130 Å². The summed E-state index contributed by atoms with van der Waals surface area (Å²) in [4.78, 5) is 0. The molecule has 21 heavy (non-hydrogen) atoms. The minimum absolute atomic E-state index is 0.152. The van der Waals surface area contributed by atoms with Crippen LogP contribution in [0.25, 0.3) is 11.4 Å². The van der Waals surface area contributed by atoms with Gasteiger partial charge in [0.05, 0.1) is 16.1 Å². The Balaban J connectivity index is 2.53. The van der Waals surface area contributed by atoms with Gasteiger partial charge in [-0.2, -0.15) is 0 Å². The standard InChI is InChI=1S/C15H22ClN5/c1-14(2,3)9-15(4,5)21-13(18-19-20-21)12-10(16)7-6-8-11(12)17/h6-8H,9,17H2,1-5H3. The first-order chi connectivity index (χ1) is 9.62. The summed E-state index contributed by atoms with van der Waals surface area (Å²) < 4.78 is 1.82. The number of anilines is 1. The summed E-state index contributed by atoms with van der Waals surface area (Å²) in [6.45, 7) is 10.8. The molecule has 2 rings (SSSR count). The van der Waals surface area contributed by atoms with Crippen molar-refractivity contribution in [1.29, 1.82) is 0 Å². The van der Waals surface area contributed by atoms with Crippen LogP contribution in [0.15, 0.2) is 18.2 Å². The fourth-order valence-corrected chi connectivity index (χ4v) is 3.17.